The monoisotopic (exact) mass is 164 g/mol. The first-order valence-corrected chi connectivity index (χ1v) is 2.74. The van der Waals surface area contributed by atoms with Crippen molar-refractivity contribution in [3.63, 3.8) is 0 Å². The molecule has 0 aromatic carbocycles. The van der Waals surface area contributed by atoms with Crippen molar-refractivity contribution in [2.24, 2.45) is 0 Å². The van der Waals surface area contributed by atoms with Crippen LogP contribution in [0.25, 0.3) is 0 Å². The van der Waals surface area contributed by atoms with Crippen LogP contribution in [-0.2, 0) is 14.3 Å². The summed E-state index contributed by atoms with van der Waals surface area (Å²) in [5.74, 6) is -2.94. The molecule has 11 heavy (non-hydrogen) atoms. The van der Waals surface area contributed by atoms with Gasteiger partial charge in [-0.05, 0) is 6.92 Å². The van der Waals surface area contributed by atoms with Crippen molar-refractivity contribution in [1.82, 2.24) is 0 Å². The second-order valence-corrected chi connectivity index (χ2v) is 1.81. The second-order valence-electron chi connectivity index (χ2n) is 1.81. The summed E-state index contributed by atoms with van der Waals surface area (Å²) in [6, 6.07) is 0. The van der Waals surface area contributed by atoms with Crippen molar-refractivity contribution in [2.45, 2.75) is 19.3 Å². The zero-order chi connectivity index (χ0) is 9.02. The molecule has 2 unspecified atom stereocenters. The highest BCUT2D eigenvalue weighted by Crippen LogP contribution is 1.95. The molecule has 0 heterocycles. The van der Waals surface area contributed by atoms with Crippen LogP contribution in [-0.4, -0.2) is 39.7 Å². The molecule has 0 aromatic rings. The Morgan fingerprint density at radius 2 is 1.73 bits per heavy atom. The maximum atomic E-state index is 10.0. The Hall–Kier alpha value is -1.14. The summed E-state index contributed by atoms with van der Waals surface area (Å²) in [5.41, 5.74) is 0. The van der Waals surface area contributed by atoms with E-state index < -0.39 is 24.3 Å². The average Bonchev–Trinajstić information content (AvgIpc) is 1.87. The predicted octanol–water partition coefficient (Wildman–Crippen LogP) is -1.12. The van der Waals surface area contributed by atoms with Crippen LogP contribution in [0.3, 0.4) is 0 Å². The normalized spacial score (nSPS) is 15.5. The smallest absolute Gasteiger partial charge is 0.360 e. The first kappa shape index (κ1) is 9.86. The van der Waals surface area contributed by atoms with Gasteiger partial charge in [-0.25, -0.2) is 9.59 Å². The number of aliphatic hydroxyl groups excluding tert-OH is 1. The van der Waals surface area contributed by atoms with Gasteiger partial charge in [0.15, 0.2) is 6.10 Å². The molecule has 0 rings (SSSR count). The number of hydrogen-bond donors (Lipinski definition) is 3. The molecular formula is C5H8O6. The molecule has 0 spiro atoms. The average molecular weight is 164 g/mol. The Kier molecular flexibility index (Phi) is 3.49. The Morgan fingerprint density at radius 3 is 2.00 bits per heavy atom. The van der Waals surface area contributed by atoms with Crippen LogP contribution in [0.4, 0.5) is 0 Å². The highest BCUT2D eigenvalue weighted by molar-refractivity contribution is 5.74. The molecule has 2 atom stereocenters. The summed E-state index contributed by atoms with van der Waals surface area (Å²) in [5, 5.41) is 24.7. The fraction of sp³-hybridized carbons (Fsp3) is 0.600. The van der Waals surface area contributed by atoms with Crippen molar-refractivity contribution >= 4 is 11.9 Å². The maximum absolute atomic E-state index is 10.0. The van der Waals surface area contributed by atoms with E-state index >= 15 is 0 Å². The molecule has 0 saturated heterocycles. The van der Waals surface area contributed by atoms with Crippen LogP contribution in [0, 0.1) is 0 Å². The van der Waals surface area contributed by atoms with E-state index in [1.807, 2.05) is 0 Å². The first-order valence-electron chi connectivity index (χ1n) is 2.74. The summed E-state index contributed by atoms with van der Waals surface area (Å²) in [6.07, 6.45) is -3.41. The van der Waals surface area contributed by atoms with E-state index in [9.17, 15) is 9.59 Å². The minimum atomic E-state index is -2.08. The van der Waals surface area contributed by atoms with Gasteiger partial charge in [0.05, 0.1) is 0 Å². The van der Waals surface area contributed by atoms with Crippen LogP contribution >= 0.6 is 0 Å². The third-order valence-corrected chi connectivity index (χ3v) is 0.892. The Morgan fingerprint density at radius 1 is 1.27 bits per heavy atom. The van der Waals surface area contributed by atoms with Crippen molar-refractivity contribution in [3.8, 4) is 0 Å². The molecule has 3 N–H and O–H groups in total. The van der Waals surface area contributed by atoms with E-state index in [-0.39, 0.29) is 0 Å². The van der Waals surface area contributed by atoms with Crippen molar-refractivity contribution in [1.29, 1.82) is 0 Å². The number of hydrogen-bond acceptors (Lipinski definition) is 4. The third-order valence-electron chi connectivity index (χ3n) is 0.892. The lowest BCUT2D eigenvalue weighted by Gasteiger charge is -2.10. The number of carbonyl (C=O) groups is 2. The van der Waals surface area contributed by atoms with Gasteiger partial charge < -0.3 is 20.1 Å². The lowest BCUT2D eigenvalue weighted by atomic mass is 10.4. The highest BCUT2D eigenvalue weighted by atomic mass is 16.6. The second kappa shape index (κ2) is 3.89. The standard InChI is InChI=1S/C5H8O6/c1-2(3(6)7)11-5(10)4(8)9/h2,5,10H,1H3,(H,6,7)(H,8,9). The summed E-state index contributed by atoms with van der Waals surface area (Å²) < 4.78 is 4.13. The van der Waals surface area contributed by atoms with E-state index in [1.54, 1.807) is 0 Å². The fourth-order valence-corrected chi connectivity index (χ4v) is 0.310. The van der Waals surface area contributed by atoms with Gasteiger partial charge in [-0.1, -0.05) is 0 Å². The van der Waals surface area contributed by atoms with Crippen molar-refractivity contribution in [3.05, 3.63) is 0 Å². The van der Waals surface area contributed by atoms with Gasteiger partial charge in [-0.2, -0.15) is 0 Å². The van der Waals surface area contributed by atoms with Gasteiger partial charge in [-0.15, -0.1) is 0 Å². The molecule has 64 valence electrons. The Balaban J connectivity index is 3.84. The number of aliphatic hydroxyl groups is 1. The largest absolute Gasteiger partial charge is 0.479 e. The SMILES string of the molecule is CC(OC(O)C(=O)O)C(=O)O. The Bertz CT molecular complexity index is 146. The van der Waals surface area contributed by atoms with Gasteiger partial charge in [0.1, 0.15) is 0 Å². The molecular weight excluding hydrogens is 156 g/mol. The summed E-state index contributed by atoms with van der Waals surface area (Å²) >= 11 is 0. The van der Waals surface area contributed by atoms with Gasteiger partial charge in [0, 0.05) is 0 Å². The van der Waals surface area contributed by atoms with Crippen LogP contribution in [0.2, 0.25) is 0 Å². The van der Waals surface area contributed by atoms with Gasteiger partial charge in [-0.3, -0.25) is 0 Å². The van der Waals surface area contributed by atoms with E-state index in [0.29, 0.717) is 0 Å². The van der Waals surface area contributed by atoms with Gasteiger partial charge in [0.25, 0.3) is 6.29 Å². The molecule has 0 aromatic heterocycles. The predicted molar refractivity (Wildman–Crippen MR) is 31.8 cm³/mol. The molecule has 0 aliphatic carbocycles. The highest BCUT2D eigenvalue weighted by Gasteiger charge is 2.21. The lowest BCUT2D eigenvalue weighted by molar-refractivity contribution is -0.191. The number of ether oxygens (including phenoxy) is 1. The molecule has 0 bridgehead atoms. The summed E-state index contributed by atoms with van der Waals surface area (Å²) in [7, 11) is 0. The first-order chi connectivity index (χ1) is 4.95. The topological polar surface area (TPSA) is 104 Å². The fourth-order valence-electron chi connectivity index (χ4n) is 0.310. The third kappa shape index (κ3) is 3.54. The molecule has 0 radical (unpaired) electrons. The van der Waals surface area contributed by atoms with Crippen molar-refractivity contribution in [2.75, 3.05) is 0 Å². The molecule has 0 aliphatic heterocycles. The van der Waals surface area contributed by atoms with E-state index in [2.05, 4.69) is 4.74 Å². The zero-order valence-electron chi connectivity index (χ0n) is 5.72. The number of rotatable bonds is 4. The lowest BCUT2D eigenvalue weighted by Crippen LogP contribution is -2.31. The zero-order valence-corrected chi connectivity index (χ0v) is 5.72. The quantitative estimate of drug-likeness (QED) is 0.454. The Labute approximate surface area is 62.0 Å². The maximum Gasteiger partial charge on any atom is 0.360 e. The molecule has 6 heteroatoms. The van der Waals surface area contributed by atoms with Crippen LogP contribution in [0.5, 0.6) is 0 Å². The molecule has 6 nitrogen and oxygen atoms in total. The van der Waals surface area contributed by atoms with E-state index in [4.69, 9.17) is 15.3 Å². The number of carboxylic acid groups (broad SMARTS) is 2. The van der Waals surface area contributed by atoms with Gasteiger partial charge in [0.2, 0.25) is 0 Å². The van der Waals surface area contributed by atoms with Crippen molar-refractivity contribution < 1.29 is 29.6 Å². The van der Waals surface area contributed by atoms with E-state index in [0.717, 1.165) is 6.92 Å². The molecule has 0 saturated carbocycles. The van der Waals surface area contributed by atoms with Crippen LogP contribution < -0.4 is 0 Å². The minimum absolute atomic E-state index is 1.12. The summed E-state index contributed by atoms with van der Waals surface area (Å²) in [6.45, 7) is 1.12. The molecule has 0 fully saturated rings. The van der Waals surface area contributed by atoms with Crippen LogP contribution in [0.1, 0.15) is 6.92 Å². The molecule has 0 aliphatic rings. The van der Waals surface area contributed by atoms with Crippen LogP contribution in [0.15, 0.2) is 0 Å². The number of aliphatic carboxylic acids is 2. The minimum Gasteiger partial charge on any atom is -0.479 e. The summed E-state index contributed by atoms with van der Waals surface area (Å²) in [4.78, 5) is 19.9. The van der Waals surface area contributed by atoms with E-state index in [1.165, 1.54) is 0 Å². The van der Waals surface area contributed by atoms with Gasteiger partial charge >= 0.3 is 11.9 Å². The molecule has 0 amide bonds. The number of carboxylic acids is 2.